The normalized spacial score (nSPS) is 12.8. The van der Waals surface area contributed by atoms with Gasteiger partial charge in [0.25, 0.3) is 0 Å². The highest BCUT2D eigenvalue weighted by molar-refractivity contribution is 5.97. The number of unbranched alkanes of at least 4 members (excludes halogenated alkanes) is 1. The van der Waals surface area contributed by atoms with Crippen LogP contribution in [0.1, 0.15) is 54.2 Å². The number of hydrogen-bond donors (Lipinski definition) is 3. The second-order valence-corrected chi connectivity index (χ2v) is 10.1. The smallest absolute Gasteiger partial charge is 0.340 e. The Morgan fingerprint density at radius 2 is 1.57 bits per heavy atom. The van der Waals surface area contributed by atoms with Gasteiger partial charge in [-0.05, 0) is 49.9 Å². The molecule has 0 fully saturated rings. The first-order valence-electron chi connectivity index (χ1n) is 13.4. The standard InChI is InChI=1S/C31H34N2O7/c1-5-6-12-24(29(35)33-25(30(36)37)13-20-10-8-7-9-11-20)32-28(34)15-23-18(3)22-14-21-17(2)19(4)39-26(21)16-27(22)40-31(23)38/h7-11,14,16,24-25H,5-6,12-13,15H2,1-4H3,(H,32,34)(H,33,35)(H,36,37)/t24?,25-/m0/s1. The summed E-state index contributed by atoms with van der Waals surface area (Å²) in [6.45, 7) is 7.53. The maximum atomic E-state index is 13.1. The van der Waals surface area contributed by atoms with Gasteiger partial charge in [-0.25, -0.2) is 9.59 Å². The van der Waals surface area contributed by atoms with E-state index in [2.05, 4.69) is 10.6 Å². The molecule has 0 aliphatic rings. The van der Waals surface area contributed by atoms with Crippen LogP contribution in [0.15, 0.2) is 56.1 Å². The van der Waals surface area contributed by atoms with E-state index in [1.165, 1.54) is 0 Å². The lowest BCUT2D eigenvalue weighted by atomic mass is 10.0. The van der Waals surface area contributed by atoms with Crippen molar-refractivity contribution in [1.29, 1.82) is 0 Å². The summed E-state index contributed by atoms with van der Waals surface area (Å²) in [5.41, 5.74) is 2.91. The first kappa shape index (κ1) is 28.6. The van der Waals surface area contributed by atoms with Gasteiger partial charge in [0.05, 0.1) is 12.0 Å². The Morgan fingerprint density at radius 1 is 0.900 bits per heavy atom. The van der Waals surface area contributed by atoms with E-state index in [0.29, 0.717) is 35.0 Å². The topological polar surface area (TPSA) is 139 Å². The molecular formula is C31H34N2O7. The number of carbonyl (C=O) groups is 3. The van der Waals surface area contributed by atoms with Crippen molar-refractivity contribution < 1.29 is 28.3 Å². The van der Waals surface area contributed by atoms with Crippen LogP contribution in [0.2, 0.25) is 0 Å². The summed E-state index contributed by atoms with van der Waals surface area (Å²) in [6.07, 6.45) is 1.57. The summed E-state index contributed by atoms with van der Waals surface area (Å²) in [7, 11) is 0. The largest absolute Gasteiger partial charge is 0.480 e. The summed E-state index contributed by atoms with van der Waals surface area (Å²) in [6, 6.07) is 10.5. The third kappa shape index (κ3) is 6.25. The molecule has 2 amide bonds. The van der Waals surface area contributed by atoms with Crippen LogP contribution in [0, 0.1) is 20.8 Å². The maximum absolute atomic E-state index is 13.1. The number of amides is 2. The fourth-order valence-electron chi connectivity index (χ4n) is 4.83. The van der Waals surface area contributed by atoms with Gasteiger partial charge in [0.2, 0.25) is 11.8 Å². The molecular weight excluding hydrogens is 512 g/mol. The van der Waals surface area contributed by atoms with Gasteiger partial charge in [0.1, 0.15) is 29.0 Å². The number of fused-ring (bicyclic) bond motifs is 2. The van der Waals surface area contributed by atoms with Gasteiger partial charge >= 0.3 is 11.6 Å². The van der Waals surface area contributed by atoms with Crippen molar-refractivity contribution >= 4 is 39.7 Å². The zero-order valence-corrected chi connectivity index (χ0v) is 23.1. The predicted molar refractivity (Wildman–Crippen MR) is 151 cm³/mol. The Kier molecular flexibility index (Phi) is 8.72. The van der Waals surface area contributed by atoms with Crippen molar-refractivity contribution in [3.63, 3.8) is 0 Å². The van der Waals surface area contributed by atoms with Gasteiger partial charge in [-0.15, -0.1) is 0 Å². The number of aryl methyl sites for hydroxylation is 3. The monoisotopic (exact) mass is 546 g/mol. The molecule has 1 unspecified atom stereocenters. The van der Waals surface area contributed by atoms with Crippen molar-refractivity contribution in [2.75, 3.05) is 0 Å². The number of aliphatic carboxylic acids is 1. The minimum atomic E-state index is -1.17. The summed E-state index contributed by atoms with van der Waals surface area (Å²) in [5, 5.41) is 16.6. The number of carboxylic acid groups (broad SMARTS) is 1. The lowest BCUT2D eigenvalue weighted by Gasteiger charge is -2.22. The van der Waals surface area contributed by atoms with Crippen LogP contribution in [0.3, 0.4) is 0 Å². The molecule has 40 heavy (non-hydrogen) atoms. The molecule has 9 heteroatoms. The Bertz CT molecular complexity index is 1620. The molecule has 2 aromatic carbocycles. The molecule has 4 rings (SSSR count). The van der Waals surface area contributed by atoms with E-state index >= 15 is 0 Å². The van der Waals surface area contributed by atoms with Crippen molar-refractivity contribution in [2.24, 2.45) is 0 Å². The van der Waals surface area contributed by atoms with Gasteiger partial charge in [-0.2, -0.15) is 0 Å². The first-order chi connectivity index (χ1) is 19.1. The molecule has 0 aliphatic carbocycles. The van der Waals surface area contributed by atoms with Crippen molar-refractivity contribution in [3.8, 4) is 0 Å². The van der Waals surface area contributed by atoms with E-state index in [0.717, 1.165) is 28.7 Å². The van der Waals surface area contributed by atoms with Gasteiger partial charge in [0, 0.05) is 23.3 Å². The van der Waals surface area contributed by atoms with Crippen LogP contribution in [-0.2, 0) is 27.2 Å². The Morgan fingerprint density at radius 3 is 2.25 bits per heavy atom. The molecule has 0 spiro atoms. The van der Waals surface area contributed by atoms with Gasteiger partial charge < -0.3 is 24.6 Å². The van der Waals surface area contributed by atoms with E-state index in [9.17, 15) is 24.3 Å². The molecule has 0 radical (unpaired) electrons. The van der Waals surface area contributed by atoms with Crippen molar-refractivity contribution in [3.05, 3.63) is 80.9 Å². The molecule has 4 aromatic rings. The third-order valence-corrected chi connectivity index (χ3v) is 7.32. The number of nitrogens with one attached hydrogen (secondary N) is 2. The number of furan rings is 1. The van der Waals surface area contributed by atoms with Gasteiger partial charge in [-0.3, -0.25) is 9.59 Å². The Balaban J connectivity index is 1.53. The molecule has 2 aromatic heterocycles. The van der Waals surface area contributed by atoms with Crippen LogP contribution in [0.5, 0.6) is 0 Å². The third-order valence-electron chi connectivity index (χ3n) is 7.32. The minimum absolute atomic E-state index is 0.108. The number of hydrogen-bond acceptors (Lipinski definition) is 6. The lowest BCUT2D eigenvalue weighted by molar-refractivity contribution is -0.142. The number of carbonyl (C=O) groups excluding carboxylic acids is 2. The molecule has 9 nitrogen and oxygen atoms in total. The summed E-state index contributed by atoms with van der Waals surface area (Å²) in [5.74, 6) is -1.51. The lowest BCUT2D eigenvalue weighted by Crippen LogP contribution is -2.52. The molecule has 210 valence electrons. The molecule has 0 saturated carbocycles. The van der Waals surface area contributed by atoms with E-state index in [1.54, 1.807) is 37.3 Å². The molecule has 0 saturated heterocycles. The second-order valence-electron chi connectivity index (χ2n) is 10.1. The maximum Gasteiger partial charge on any atom is 0.340 e. The van der Waals surface area contributed by atoms with Crippen LogP contribution in [0.4, 0.5) is 0 Å². The highest BCUT2D eigenvalue weighted by atomic mass is 16.4. The highest BCUT2D eigenvalue weighted by Gasteiger charge is 2.27. The first-order valence-corrected chi connectivity index (χ1v) is 13.4. The van der Waals surface area contributed by atoms with Crippen LogP contribution < -0.4 is 16.3 Å². The fraction of sp³-hybridized carbons (Fsp3) is 0.355. The second kappa shape index (κ2) is 12.2. The van der Waals surface area contributed by atoms with Crippen molar-refractivity contribution in [2.45, 2.75) is 71.9 Å². The SMILES string of the molecule is CCCCC(NC(=O)Cc1c(C)c2cc3c(C)c(C)oc3cc2oc1=O)C(=O)N[C@@H](Cc1ccccc1)C(=O)O. The zero-order valence-electron chi connectivity index (χ0n) is 23.1. The van der Waals surface area contributed by atoms with E-state index < -0.39 is 35.5 Å². The summed E-state index contributed by atoms with van der Waals surface area (Å²) >= 11 is 0. The van der Waals surface area contributed by atoms with Crippen molar-refractivity contribution in [1.82, 2.24) is 10.6 Å². The van der Waals surface area contributed by atoms with Crippen LogP contribution >= 0.6 is 0 Å². The molecule has 0 aliphatic heterocycles. The summed E-state index contributed by atoms with van der Waals surface area (Å²) in [4.78, 5) is 51.0. The van der Waals surface area contributed by atoms with Gasteiger partial charge in [-0.1, -0.05) is 50.1 Å². The quantitative estimate of drug-likeness (QED) is 0.236. The molecule has 2 atom stereocenters. The average molecular weight is 547 g/mol. The predicted octanol–water partition coefficient (Wildman–Crippen LogP) is 4.49. The fourth-order valence-corrected chi connectivity index (χ4v) is 4.83. The number of carboxylic acids is 1. The van der Waals surface area contributed by atoms with E-state index in [-0.39, 0.29) is 18.4 Å². The van der Waals surface area contributed by atoms with Crippen LogP contribution in [0.25, 0.3) is 21.9 Å². The Labute approximate surface area is 231 Å². The average Bonchev–Trinajstić information content (AvgIpc) is 3.20. The number of benzene rings is 2. The minimum Gasteiger partial charge on any atom is -0.480 e. The zero-order chi connectivity index (χ0) is 29.0. The summed E-state index contributed by atoms with van der Waals surface area (Å²) < 4.78 is 11.3. The molecule has 3 N–H and O–H groups in total. The molecule has 0 bridgehead atoms. The number of rotatable bonds is 11. The van der Waals surface area contributed by atoms with E-state index in [1.807, 2.05) is 32.9 Å². The Hall–Kier alpha value is -4.40. The van der Waals surface area contributed by atoms with Gasteiger partial charge in [0.15, 0.2) is 0 Å². The highest BCUT2D eigenvalue weighted by Crippen LogP contribution is 2.31. The van der Waals surface area contributed by atoms with Crippen LogP contribution in [-0.4, -0.2) is 35.0 Å². The molecule has 2 heterocycles. The van der Waals surface area contributed by atoms with E-state index in [4.69, 9.17) is 8.83 Å².